The summed E-state index contributed by atoms with van der Waals surface area (Å²) in [5, 5.41) is 13.8. The van der Waals surface area contributed by atoms with Crippen LogP contribution in [0.5, 0.6) is 0 Å². The Kier molecular flexibility index (Phi) is 3.76. The van der Waals surface area contributed by atoms with Gasteiger partial charge in [-0.3, -0.25) is 9.48 Å². The maximum atomic E-state index is 10.6. The molecule has 2 heterocycles. The SMILES string of the molecule is Cc1nn(C2CCCS2)c(C)c1CCC(=O)O. The minimum atomic E-state index is -0.744. The number of carboxylic acids is 1. The third kappa shape index (κ3) is 2.65. The lowest BCUT2D eigenvalue weighted by Crippen LogP contribution is -2.06. The van der Waals surface area contributed by atoms with Gasteiger partial charge in [0.25, 0.3) is 0 Å². The molecule has 1 aliphatic heterocycles. The van der Waals surface area contributed by atoms with Gasteiger partial charge in [-0.05, 0) is 44.4 Å². The van der Waals surface area contributed by atoms with Crippen LogP contribution in [0.1, 0.15) is 41.6 Å². The van der Waals surface area contributed by atoms with Gasteiger partial charge in [0.1, 0.15) is 0 Å². The van der Waals surface area contributed by atoms with Gasteiger partial charge in [-0.25, -0.2) is 0 Å². The molecule has 94 valence electrons. The molecule has 0 spiro atoms. The monoisotopic (exact) mass is 254 g/mol. The summed E-state index contributed by atoms with van der Waals surface area (Å²) >= 11 is 1.94. The highest BCUT2D eigenvalue weighted by Crippen LogP contribution is 2.36. The van der Waals surface area contributed by atoms with Crippen LogP contribution in [-0.2, 0) is 11.2 Å². The van der Waals surface area contributed by atoms with Gasteiger partial charge in [-0.2, -0.15) is 5.10 Å². The van der Waals surface area contributed by atoms with Gasteiger partial charge in [0.15, 0.2) is 0 Å². The normalized spacial score (nSPS) is 19.8. The van der Waals surface area contributed by atoms with Crippen molar-refractivity contribution in [3.05, 3.63) is 17.0 Å². The highest BCUT2D eigenvalue weighted by atomic mass is 32.2. The molecule has 5 heteroatoms. The number of hydrogen-bond donors (Lipinski definition) is 1. The van der Waals surface area contributed by atoms with E-state index >= 15 is 0 Å². The van der Waals surface area contributed by atoms with Crippen molar-refractivity contribution in [2.45, 2.75) is 44.9 Å². The number of aryl methyl sites for hydroxylation is 1. The van der Waals surface area contributed by atoms with Gasteiger partial charge >= 0.3 is 5.97 Å². The van der Waals surface area contributed by atoms with Crippen LogP contribution in [0, 0.1) is 13.8 Å². The van der Waals surface area contributed by atoms with Gasteiger partial charge in [-0.15, -0.1) is 11.8 Å². The van der Waals surface area contributed by atoms with Gasteiger partial charge in [0.2, 0.25) is 0 Å². The predicted octanol–water partition coefficient (Wildman–Crippen LogP) is 2.54. The topological polar surface area (TPSA) is 55.1 Å². The van der Waals surface area contributed by atoms with E-state index in [0.29, 0.717) is 11.8 Å². The Morgan fingerprint density at radius 3 is 2.94 bits per heavy atom. The molecule has 1 atom stereocenters. The number of aliphatic carboxylic acids is 1. The van der Waals surface area contributed by atoms with Crippen LogP contribution in [0.3, 0.4) is 0 Å². The molecule has 0 saturated carbocycles. The molecule has 4 nitrogen and oxygen atoms in total. The van der Waals surface area contributed by atoms with Crippen LogP contribution in [0.25, 0.3) is 0 Å². The largest absolute Gasteiger partial charge is 0.481 e. The first-order chi connectivity index (χ1) is 8.09. The first-order valence-corrected chi connectivity index (χ1v) is 7.02. The van der Waals surface area contributed by atoms with Crippen molar-refractivity contribution in [2.24, 2.45) is 0 Å². The Morgan fingerprint density at radius 2 is 2.35 bits per heavy atom. The lowest BCUT2D eigenvalue weighted by Gasteiger charge is -2.11. The fraction of sp³-hybridized carbons (Fsp3) is 0.667. The average Bonchev–Trinajstić information content (AvgIpc) is 2.85. The highest BCUT2D eigenvalue weighted by Gasteiger charge is 2.22. The first-order valence-electron chi connectivity index (χ1n) is 5.97. The van der Waals surface area contributed by atoms with E-state index in [1.165, 1.54) is 18.6 Å². The minimum absolute atomic E-state index is 0.186. The zero-order valence-electron chi connectivity index (χ0n) is 10.3. The first kappa shape index (κ1) is 12.5. The van der Waals surface area contributed by atoms with Gasteiger partial charge < -0.3 is 5.11 Å². The van der Waals surface area contributed by atoms with Crippen LogP contribution in [0.2, 0.25) is 0 Å². The third-order valence-corrected chi connectivity index (χ3v) is 4.59. The second kappa shape index (κ2) is 5.12. The maximum Gasteiger partial charge on any atom is 0.303 e. The van der Waals surface area contributed by atoms with Crippen molar-refractivity contribution in [3.8, 4) is 0 Å². The molecule has 1 saturated heterocycles. The second-order valence-corrected chi connectivity index (χ2v) is 5.74. The van der Waals surface area contributed by atoms with Gasteiger partial charge in [-0.1, -0.05) is 0 Å². The lowest BCUT2D eigenvalue weighted by molar-refractivity contribution is -0.136. The average molecular weight is 254 g/mol. The molecular weight excluding hydrogens is 236 g/mol. The summed E-state index contributed by atoms with van der Waals surface area (Å²) < 4.78 is 2.09. The summed E-state index contributed by atoms with van der Waals surface area (Å²) in [5.74, 6) is 0.458. The van der Waals surface area contributed by atoms with E-state index in [1.807, 2.05) is 18.7 Å². The smallest absolute Gasteiger partial charge is 0.303 e. The van der Waals surface area contributed by atoms with Crippen LogP contribution >= 0.6 is 11.8 Å². The molecule has 0 aliphatic carbocycles. The molecule has 1 unspecified atom stereocenters. The van der Waals surface area contributed by atoms with E-state index in [0.717, 1.165) is 17.0 Å². The molecule has 1 fully saturated rings. The highest BCUT2D eigenvalue weighted by molar-refractivity contribution is 7.99. The Balaban J connectivity index is 2.18. The number of nitrogens with zero attached hydrogens (tertiary/aromatic N) is 2. The van der Waals surface area contributed by atoms with E-state index in [4.69, 9.17) is 5.11 Å². The standard InChI is InChI=1S/C12H18N2O2S/c1-8-10(5-6-12(15)16)9(2)14(13-8)11-4-3-7-17-11/h11H,3-7H2,1-2H3,(H,15,16). The van der Waals surface area contributed by atoms with E-state index in [9.17, 15) is 4.79 Å². The van der Waals surface area contributed by atoms with Crippen molar-refractivity contribution in [2.75, 3.05) is 5.75 Å². The Hall–Kier alpha value is -0.970. The molecule has 1 aliphatic rings. The van der Waals surface area contributed by atoms with Crippen molar-refractivity contribution >= 4 is 17.7 Å². The Morgan fingerprint density at radius 1 is 1.59 bits per heavy atom. The van der Waals surface area contributed by atoms with E-state index in [1.54, 1.807) is 0 Å². The van der Waals surface area contributed by atoms with Gasteiger partial charge in [0, 0.05) is 12.1 Å². The van der Waals surface area contributed by atoms with E-state index < -0.39 is 5.97 Å². The Bertz CT molecular complexity index is 422. The molecule has 1 aromatic rings. The molecule has 1 aromatic heterocycles. The quantitative estimate of drug-likeness (QED) is 0.897. The van der Waals surface area contributed by atoms with Crippen molar-refractivity contribution in [3.63, 3.8) is 0 Å². The molecular formula is C12H18N2O2S. The summed E-state index contributed by atoms with van der Waals surface area (Å²) in [6.45, 7) is 4.02. The van der Waals surface area contributed by atoms with Gasteiger partial charge in [0.05, 0.1) is 11.1 Å². The molecule has 0 bridgehead atoms. The Labute approximate surface area is 105 Å². The molecule has 2 rings (SSSR count). The van der Waals surface area contributed by atoms with Crippen molar-refractivity contribution < 1.29 is 9.90 Å². The molecule has 0 amide bonds. The molecule has 0 radical (unpaired) electrons. The fourth-order valence-electron chi connectivity index (χ4n) is 2.32. The molecule has 1 N–H and O–H groups in total. The van der Waals surface area contributed by atoms with Crippen molar-refractivity contribution in [1.29, 1.82) is 0 Å². The van der Waals surface area contributed by atoms with Crippen LogP contribution in [0.15, 0.2) is 0 Å². The van der Waals surface area contributed by atoms with Crippen LogP contribution in [-0.4, -0.2) is 26.6 Å². The zero-order valence-corrected chi connectivity index (χ0v) is 11.1. The summed E-state index contributed by atoms with van der Waals surface area (Å²) in [5.41, 5.74) is 3.24. The summed E-state index contributed by atoms with van der Waals surface area (Å²) in [6.07, 6.45) is 3.19. The number of carbonyl (C=O) groups is 1. The minimum Gasteiger partial charge on any atom is -0.481 e. The number of aromatic nitrogens is 2. The molecule has 0 aromatic carbocycles. The number of thioether (sulfide) groups is 1. The number of hydrogen-bond acceptors (Lipinski definition) is 3. The zero-order chi connectivity index (χ0) is 12.4. The maximum absolute atomic E-state index is 10.6. The van der Waals surface area contributed by atoms with E-state index in [2.05, 4.69) is 16.7 Å². The van der Waals surface area contributed by atoms with Crippen LogP contribution in [0.4, 0.5) is 0 Å². The molecule has 17 heavy (non-hydrogen) atoms. The van der Waals surface area contributed by atoms with E-state index in [-0.39, 0.29) is 6.42 Å². The summed E-state index contributed by atoms with van der Waals surface area (Å²) in [7, 11) is 0. The fourth-order valence-corrected chi connectivity index (χ4v) is 3.61. The second-order valence-electron chi connectivity index (χ2n) is 4.46. The summed E-state index contributed by atoms with van der Waals surface area (Å²) in [4.78, 5) is 10.6. The van der Waals surface area contributed by atoms with Crippen LogP contribution < -0.4 is 0 Å². The number of carboxylic acid groups (broad SMARTS) is 1. The van der Waals surface area contributed by atoms with Crippen molar-refractivity contribution in [1.82, 2.24) is 9.78 Å². The number of rotatable bonds is 4. The third-order valence-electron chi connectivity index (χ3n) is 3.24. The lowest BCUT2D eigenvalue weighted by atomic mass is 10.1. The summed E-state index contributed by atoms with van der Waals surface area (Å²) in [6, 6.07) is 0. The predicted molar refractivity (Wildman–Crippen MR) is 68.4 cm³/mol.